The van der Waals surface area contributed by atoms with Gasteiger partial charge < -0.3 is 19.3 Å². The molecule has 39 heavy (non-hydrogen) atoms. The van der Waals surface area contributed by atoms with Gasteiger partial charge in [-0.3, -0.25) is 4.79 Å². The van der Waals surface area contributed by atoms with E-state index in [4.69, 9.17) is 9.47 Å². The lowest BCUT2D eigenvalue weighted by Gasteiger charge is -2.40. The molecule has 2 amide bonds. The number of carbonyl (C=O) groups excluding carboxylic acids is 2. The number of amides is 2. The van der Waals surface area contributed by atoms with Crippen molar-refractivity contribution in [1.29, 1.82) is 0 Å². The van der Waals surface area contributed by atoms with Gasteiger partial charge >= 0.3 is 6.09 Å². The van der Waals surface area contributed by atoms with Crippen LogP contribution in [0.25, 0.3) is 0 Å². The molecule has 1 aliphatic rings. The number of aliphatic imine (C=N–C) groups is 1. The molecule has 1 fully saturated rings. The van der Waals surface area contributed by atoms with Crippen LogP contribution in [0.3, 0.4) is 0 Å². The van der Waals surface area contributed by atoms with Crippen molar-refractivity contribution < 1.29 is 23.5 Å². The van der Waals surface area contributed by atoms with Gasteiger partial charge in [0.2, 0.25) is 0 Å². The first kappa shape index (κ1) is 30.5. The Labute approximate surface area is 235 Å². The van der Waals surface area contributed by atoms with Gasteiger partial charge in [0.15, 0.2) is 5.17 Å². The number of piperidine rings is 1. The second kappa shape index (κ2) is 13.8. The highest BCUT2D eigenvalue weighted by molar-refractivity contribution is 8.13. The Morgan fingerprint density at radius 3 is 2.23 bits per heavy atom. The fourth-order valence-corrected chi connectivity index (χ4v) is 4.78. The number of likely N-dealkylation sites (tertiary alicyclic amines) is 1. The summed E-state index contributed by atoms with van der Waals surface area (Å²) in [6, 6.07) is 13.4. The molecule has 0 atom stereocenters. The quantitative estimate of drug-likeness (QED) is 0.281. The standard InChI is InChI=1S/C30H40FN3O4S/c1-21(2)20-37-26-13-9-23(10-14-26)27(35)32-28(39-6)34(19-22-7-11-24(31)12-8-22)25-15-17-33(18-16-25)29(36)38-30(3,4)5/h7-14,21,25H,15-20H2,1-6H3. The van der Waals surface area contributed by atoms with E-state index in [2.05, 4.69) is 23.7 Å². The molecule has 0 aromatic heterocycles. The van der Waals surface area contributed by atoms with Gasteiger partial charge in [-0.05, 0) is 87.7 Å². The lowest BCUT2D eigenvalue weighted by molar-refractivity contribution is 0.0172. The van der Waals surface area contributed by atoms with Crippen LogP contribution >= 0.6 is 11.8 Å². The highest BCUT2D eigenvalue weighted by Crippen LogP contribution is 2.25. The normalized spacial score (nSPS) is 14.9. The van der Waals surface area contributed by atoms with Crippen LogP contribution < -0.4 is 4.74 Å². The van der Waals surface area contributed by atoms with Crippen LogP contribution in [-0.2, 0) is 11.3 Å². The largest absolute Gasteiger partial charge is 0.493 e. The highest BCUT2D eigenvalue weighted by atomic mass is 32.2. The predicted molar refractivity (Wildman–Crippen MR) is 155 cm³/mol. The smallest absolute Gasteiger partial charge is 0.410 e. The Hall–Kier alpha value is -3.07. The lowest BCUT2D eigenvalue weighted by Crippen LogP contribution is -2.49. The van der Waals surface area contributed by atoms with Crippen LogP contribution in [0.1, 0.15) is 63.4 Å². The third kappa shape index (κ3) is 9.56. The molecule has 0 radical (unpaired) electrons. The van der Waals surface area contributed by atoms with E-state index in [1.165, 1.54) is 23.9 Å². The first-order chi connectivity index (χ1) is 18.4. The number of rotatable bonds is 7. The number of carbonyl (C=O) groups is 2. The van der Waals surface area contributed by atoms with Crippen LogP contribution in [0.15, 0.2) is 53.5 Å². The molecule has 0 saturated carbocycles. The number of hydrogen-bond acceptors (Lipinski definition) is 5. The van der Waals surface area contributed by atoms with E-state index in [1.807, 2.05) is 27.0 Å². The molecule has 2 aromatic rings. The summed E-state index contributed by atoms with van der Waals surface area (Å²) < 4.78 is 24.8. The highest BCUT2D eigenvalue weighted by Gasteiger charge is 2.31. The molecule has 0 aliphatic carbocycles. The maximum atomic E-state index is 13.6. The number of amidine groups is 1. The molecular weight excluding hydrogens is 517 g/mol. The minimum atomic E-state index is -0.555. The molecule has 0 spiro atoms. The summed E-state index contributed by atoms with van der Waals surface area (Å²) in [5, 5.41) is 0.583. The fourth-order valence-electron chi connectivity index (χ4n) is 4.16. The monoisotopic (exact) mass is 557 g/mol. The molecule has 9 heteroatoms. The van der Waals surface area contributed by atoms with Crippen molar-refractivity contribution in [2.24, 2.45) is 10.9 Å². The number of hydrogen-bond donors (Lipinski definition) is 0. The van der Waals surface area contributed by atoms with Crippen molar-refractivity contribution >= 4 is 28.9 Å². The summed E-state index contributed by atoms with van der Waals surface area (Å²) in [4.78, 5) is 34.1. The van der Waals surface area contributed by atoms with Gasteiger partial charge in [0.1, 0.15) is 17.2 Å². The van der Waals surface area contributed by atoms with Crippen molar-refractivity contribution in [3.8, 4) is 5.75 Å². The zero-order chi connectivity index (χ0) is 28.6. The summed E-state index contributed by atoms with van der Waals surface area (Å²) in [7, 11) is 0. The second-order valence-corrected chi connectivity index (χ2v) is 11.9. The molecule has 0 N–H and O–H groups in total. The number of halogens is 1. The molecule has 1 saturated heterocycles. The topological polar surface area (TPSA) is 71.4 Å². The maximum Gasteiger partial charge on any atom is 0.410 e. The number of benzene rings is 2. The SMILES string of the molecule is CSC(=NC(=O)c1ccc(OCC(C)C)cc1)N(Cc1ccc(F)cc1)C1CCN(C(=O)OC(C)(C)C)CC1. The van der Waals surface area contributed by atoms with Gasteiger partial charge in [-0.2, -0.15) is 4.99 Å². The van der Waals surface area contributed by atoms with Gasteiger partial charge in [0.25, 0.3) is 5.91 Å². The van der Waals surface area contributed by atoms with Crippen molar-refractivity contribution in [2.45, 2.75) is 65.6 Å². The third-order valence-electron chi connectivity index (χ3n) is 6.13. The molecule has 0 bridgehead atoms. The van der Waals surface area contributed by atoms with Crippen molar-refractivity contribution in [3.05, 3.63) is 65.5 Å². The Morgan fingerprint density at radius 2 is 1.69 bits per heavy atom. The molecule has 3 rings (SSSR count). The second-order valence-electron chi connectivity index (χ2n) is 11.1. The zero-order valence-corrected chi connectivity index (χ0v) is 24.6. The van der Waals surface area contributed by atoms with E-state index in [-0.39, 0.29) is 23.9 Å². The molecule has 0 unspecified atom stereocenters. The Bertz CT molecular complexity index is 1120. The van der Waals surface area contributed by atoms with E-state index in [0.717, 1.165) is 5.56 Å². The summed E-state index contributed by atoms with van der Waals surface area (Å²) in [6.07, 6.45) is 2.95. The van der Waals surface area contributed by atoms with Gasteiger partial charge in [-0.1, -0.05) is 37.7 Å². The minimum Gasteiger partial charge on any atom is -0.493 e. The Balaban J connectivity index is 1.79. The van der Waals surface area contributed by atoms with E-state index >= 15 is 0 Å². The average Bonchev–Trinajstić information content (AvgIpc) is 2.89. The Kier molecular flexibility index (Phi) is 10.8. The lowest BCUT2D eigenvalue weighted by atomic mass is 10.0. The van der Waals surface area contributed by atoms with E-state index in [0.29, 0.717) is 61.5 Å². The molecule has 1 heterocycles. The average molecular weight is 558 g/mol. The first-order valence-corrected chi connectivity index (χ1v) is 14.6. The fraction of sp³-hybridized carbons (Fsp3) is 0.500. The number of thioether (sulfide) groups is 1. The number of nitrogens with zero attached hydrogens (tertiary/aromatic N) is 3. The summed E-state index contributed by atoms with van der Waals surface area (Å²) in [6.45, 7) is 11.9. The van der Waals surface area contributed by atoms with Crippen LogP contribution in [0.4, 0.5) is 9.18 Å². The maximum absolute atomic E-state index is 13.6. The third-order valence-corrected chi connectivity index (χ3v) is 6.82. The minimum absolute atomic E-state index is 0.0412. The van der Waals surface area contributed by atoms with Crippen molar-refractivity contribution in [3.63, 3.8) is 0 Å². The summed E-state index contributed by atoms with van der Waals surface area (Å²) in [5.74, 6) is 0.475. The van der Waals surface area contributed by atoms with Crippen LogP contribution in [-0.4, -0.2) is 64.6 Å². The summed E-state index contributed by atoms with van der Waals surface area (Å²) >= 11 is 1.40. The van der Waals surface area contributed by atoms with E-state index < -0.39 is 5.60 Å². The zero-order valence-electron chi connectivity index (χ0n) is 23.8. The van der Waals surface area contributed by atoms with Crippen molar-refractivity contribution in [2.75, 3.05) is 26.0 Å². The van der Waals surface area contributed by atoms with Gasteiger partial charge in [-0.25, -0.2) is 9.18 Å². The molecule has 7 nitrogen and oxygen atoms in total. The first-order valence-electron chi connectivity index (χ1n) is 13.3. The van der Waals surface area contributed by atoms with Gasteiger partial charge in [0.05, 0.1) is 6.61 Å². The molecule has 1 aliphatic heterocycles. The predicted octanol–water partition coefficient (Wildman–Crippen LogP) is 6.62. The van der Waals surface area contributed by atoms with Crippen LogP contribution in [0.2, 0.25) is 0 Å². The Morgan fingerprint density at radius 1 is 1.08 bits per heavy atom. The summed E-state index contributed by atoms with van der Waals surface area (Å²) in [5.41, 5.74) is 0.826. The van der Waals surface area contributed by atoms with Gasteiger partial charge in [-0.15, -0.1) is 0 Å². The van der Waals surface area contributed by atoms with E-state index in [9.17, 15) is 14.0 Å². The van der Waals surface area contributed by atoms with Gasteiger partial charge in [0, 0.05) is 31.2 Å². The van der Waals surface area contributed by atoms with Crippen molar-refractivity contribution in [1.82, 2.24) is 9.80 Å². The van der Waals surface area contributed by atoms with E-state index in [1.54, 1.807) is 41.3 Å². The van der Waals surface area contributed by atoms with Crippen LogP contribution in [0.5, 0.6) is 5.75 Å². The molecular formula is C30H40FN3O4S. The van der Waals surface area contributed by atoms with Crippen LogP contribution in [0, 0.1) is 11.7 Å². The molecule has 212 valence electrons. The number of ether oxygens (including phenoxy) is 2. The molecule has 2 aromatic carbocycles.